The predicted octanol–water partition coefficient (Wildman–Crippen LogP) is 6.75. The van der Waals surface area contributed by atoms with E-state index in [2.05, 4.69) is 38.8 Å². The fraction of sp³-hybridized carbons (Fsp3) is 0.615. The third-order valence-electron chi connectivity index (χ3n) is 12.5. The van der Waals surface area contributed by atoms with Crippen molar-refractivity contribution < 1.29 is 22.7 Å². The SMILES string of the molecule is CO[C@@]1(CN2CCCCC2)/C=C/C[C@H](C)[C@@H](C)S(=O)(=O)NC(=O)c2ccc3c(c2)N(C[C@@H]2CC[C@H]21)C[C@@]1(CCCc2cc(Cl)ccc21)CO3. The molecule has 2 aliphatic carbocycles. The minimum atomic E-state index is -3.93. The molecule has 1 saturated carbocycles. The highest BCUT2D eigenvalue weighted by Crippen LogP contribution is 2.49. The zero-order valence-electron chi connectivity index (χ0n) is 29.3. The van der Waals surface area contributed by atoms with Gasteiger partial charge in [-0.05, 0) is 131 Å². The van der Waals surface area contributed by atoms with Gasteiger partial charge in [-0.3, -0.25) is 4.79 Å². The van der Waals surface area contributed by atoms with Crippen LogP contribution < -0.4 is 14.4 Å². The number of anilines is 1. The van der Waals surface area contributed by atoms with Crippen molar-refractivity contribution in [2.45, 2.75) is 87.9 Å². The highest BCUT2D eigenvalue weighted by molar-refractivity contribution is 7.90. The van der Waals surface area contributed by atoms with E-state index < -0.39 is 26.8 Å². The molecule has 266 valence electrons. The third-order valence-corrected chi connectivity index (χ3v) is 14.7. The smallest absolute Gasteiger partial charge is 0.264 e. The Bertz CT molecular complexity index is 1690. The molecule has 2 aromatic carbocycles. The van der Waals surface area contributed by atoms with Gasteiger partial charge in [-0.2, -0.15) is 0 Å². The van der Waals surface area contributed by atoms with Crippen molar-refractivity contribution in [3.8, 4) is 5.75 Å². The Morgan fingerprint density at radius 2 is 1.88 bits per heavy atom. The van der Waals surface area contributed by atoms with Gasteiger partial charge in [0.05, 0.1) is 17.5 Å². The number of amides is 1. The maximum Gasteiger partial charge on any atom is 0.264 e. The number of sulfonamides is 1. The molecular formula is C39H52ClN3O5S. The molecule has 7 rings (SSSR count). The van der Waals surface area contributed by atoms with Crippen molar-refractivity contribution in [1.29, 1.82) is 0 Å². The molecule has 8 nitrogen and oxygen atoms in total. The Morgan fingerprint density at radius 1 is 1.06 bits per heavy atom. The van der Waals surface area contributed by atoms with Crippen LogP contribution in [0.15, 0.2) is 48.6 Å². The summed E-state index contributed by atoms with van der Waals surface area (Å²) in [5.41, 5.74) is 3.00. The first kappa shape index (κ1) is 34.8. The Balaban J connectivity index is 1.32. The number of methoxy groups -OCH3 is 1. The summed E-state index contributed by atoms with van der Waals surface area (Å²) >= 11 is 6.48. The summed E-state index contributed by atoms with van der Waals surface area (Å²) in [6, 6.07) is 11.7. The summed E-state index contributed by atoms with van der Waals surface area (Å²) in [5, 5.41) is -0.00665. The van der Waals surface area contributed by atoms with E-state index in [1.165, 1.54) is 30.4 Å². The van der Waals surface area contributed by atoms with Crippen LogP contribution in [-0.2, 0) is 26.6 Å². The number of carbonyl (C=O) groups excluding carboxylic acids is 1. The second-order valence-electron chi connectivity index (χ2n) is 15.5. The second kappa shape index (κ2) is 13.9. The number of fused-ring (bicyclic) bond motifs is 4. The van der Waals surface area contributed by atoms with Gasteiger partial charge in [-0.15, -0.1) is 0 Å². The first-order valence-corrected chi connectivity index (χ1v) is 20.3. The molecule has 2 fully saturated rings. The number of nitrogens with zero attached hydrogens (tertiary/aromatic N) is 2. The second-order valence-corrected chi connectivity index (χ2v) is 18.0. The van der Waals surface area contributed by atoms with E-state index in [1.807, 2.05) is 32.2 Å². The Hall–Kier alpha value is -2.59. The largest absolute Gasteiger partial charge is 0.490 e. The van der Waals surface area contributed by atoms with Crippen molar-refractivity contribution in [2.24, 2.45) is 17.8 Å². The van der Waals surface area contributed by atoms with Gasteiger partial charge in [0.25, 0.3) is 5.91 Å². The van der Waals surface area contributed by atoms with Crippen molar-refractivity contribution >= 4 is 33.2 Å². The zero-order valence-corrected chi connectivity index (χ0v) is 30.8. The van der Waals surface area contributed by atoms with Crippen molar-refractivity contribution in [1.82, 2.24) is 9.62 Å². The molecule has 2 bridgehead atoms. The topological polar surface area (TPSA) is 88.2 Å². The molecule has 1 N–H and O–H groups in total. The average Bonchev–Trinajstić information content (AvgIpc) is 3.22. The van der Waals surface area contributed by atoms with E-state index >= 15 is 0 Å². The predicted molar refractivity (Wildman–Crippen MR) is 195 cm³/mol. The number of ether oxygens (including phenoxy) is 2. The van der Waals surface area contributed by atoms with Crippen LogP contribution in [0.25, 0.3) is 0 Å². The molecule has 1 spiro atoms. The highest BCUT2D eigenvalue weighted by Gasteiger charge is 2.50. The van der Waals surface area contributed by atoms with E-state index in [1.54, 1.807) is 13.0 Å². The monoisotopic (exact) mass is 709 g/mol. The van der Waals surface area contributed by atoms with Gasteiger partial charge in [0.2, 0.25) is 10.0 Å². The maximum atomic E-state index is 13.6. The standard InChI is InChI=1S/C39H52ClN3O5S/c1-27-9-7-18-39(47-3,25-42-19-5-4-6-20-42)34-14-11-31(34)23-43-24-38(17-8-10-29-21-32(40)13-15-33(29)38)26-48-36-16-12-30(22-35(36)43)37(44)41-49(45,46)28(27)2/h7,12-13,15-16,18,21-22,27-28,31,34H,4-6,8-11,14,17,19-20,23-26H2,1-3H3,(H,41,44)/b18-7+/t27-,28+,31-,34+,38-,39+/m0/s1. The van der Waals surface area contributed by atoms with Gasteiger partial charge in [0.15, 0.2) is 0 Å². The number of aryl methyl sites for hydroxylation is 1. The summed E-state index contributed by atoms with van der Waals surface area (Å²) in [7, 11) is -2.08. The number of rotatable bonds is 3. The number of likely N-dealkylation sites (tertiary alicyclic amines) is 1. The van der Waals surface area contributed by atoms with Crippen LogP contribution in [0.1, 0.15) is 86.7 Å². The fourth-order valence-electron chi connectivity index (χ4n) is 9.27. The Morgan fingerprint density at radius 3 is 2.63 bits per heavy atom. The van der Waals surface area contributed by atoms with Gasteiger partial charge >= 0.3 is 0 Å². The highest BCUT2D eigenvalue weighted by atomic mass is 35.5. The number of piperidine rings is 1. The van der Waals surface area contributed by atoms with Gasteiger partial charge in [-0.1, -0.05) is 43.2 Å². The van der Waals surface area contributed by atoms with Gasteiger partial charge in [0, 0.05) is 42.7 Å². The summed E-state index contributed by atoms with van der Waals surface area (Å²) in [6.45, 7) is 8.67. The van der Waals surface area contributed by atoms with Gasteiger partial charge in [0.1, 0.15) is 11.4 Å². The minimum absolute atomic E-state index is 0.198. The lowest BCUT2D eigenvalue weighted by Crippen LogP contribution is -2.57. The molecule has 49 heavy (non-hydrogen) atoms. The molecule has 0 aromatic heterocycles. The average molecular weight is 710 g/mol. The molecule has 3 heterocycles. The summed E-state index contributed by atoms with van der Waals surface area (Å²) < 4.78 is 42.8. The molecule has 1 saturated heterocycles. The van der Waals surface area contributed by atoms with E-state index in [4.69, 9.17) is 21.1 Å². The van der Waals surface area contributed by atoms with Crippen LogP contribution in [-0.4, -0.2) is 76.5 Å². The van der Waals surface area contributed by atoms with Crippen LogP contribution in [0.4, 0.5) is 5.69 Å². The van der Waals surface area contributed by atoms with Crippen LogP contribution in [0.5, 0.6) is 5.75 Å². The van der Waals surface area contributed by atoms with Crippen molar-refractivity contribution in [3.63, 3.8) is 0 Å². The molecule has 10 heteroatoms. The van der Waals surface area contributed by atoms with Gasteiger partial charge in [-0.25, -0.2) is 13.1 Å². The number of nitrogens with one attached hydrogen (secondary N) is 1. The summed E-state index contributed by atoms with van der Waals surface area (Å²) in [4.78, 5) is 18.6. The lowest BCUT2D eigenvalue weighted by Gasteiger charge is -2.52. The van der Waals surface area contributed by atoms with E-state index in [0.717, 1.165) is 81.3 Å². The number of halogens is 1. The van der Waals surface area contributed by atoms with Crippen molar-refractivity contribution in [2.75, 3.05) is 51.3 Å². The fourth-order valence-corrected chi connectivity index (χ4v) is 10.8. The maximum absolute atomic E-state index is 13.6. The molecule has 2 aromatic rings. The number of hydrogen-bond donors (Lipinski definition) is 1. The van der Waals surface area contributed by atoms with Crippen LogP contribution >= 0.6 is 11.6 Å². The van der Waals surface area contributed by atoms with Crippen molar-refractivity contribution in [3.05, 3.63) is 70.3 Å². The summed E-state index contributed by atoms with van der Waals surface area (Å²) in [5.74, 6) is 0.585. The van der Waals surface area contributed by atoms with Crippen LogP contribution in [0.3, 0.4) is 0 Å². The lowest BCUT2D eigenvalue weighted by atomic mass is 9.63. The number of carbonyl (C=O) groups is 1. The molecule has 1 amide bonds. The van der Waals surface area contributed by atoms with Crippen LogP contribution in [0.2, 0.25) is 5.02 Å². The Kier molecular flexibility index (Phi) is 9.85. The molecule has 6 atom stereocenters. The van der Waals surface area contributed by atoms with E-state index in [-0.39, 0.29) is 11.3 Å². The minimum Gasteiger partial charge on any atom is -0.490 e. The van der Waals surface area contributed by atoms with Crippen LogP contribution in [0, 0.1) is 17.8 Å². The first-order valence-electron chi connectivity index (χ1n) is 18.3. The van der Waals surface area contributed by atoms with Gasteiger partial charge < -0.3 is 19.3 Å². The number of allylic oxidation sites excluding steroid dienone is 1. The molecule has 5 aliphatic rings. The quantitative estimate of drug-likeness (QED) is 0.353. The number of benzene rings is 2. The molecule has 3 aliphatic heterocycles. The third kappa shape index (κ3) is 6.77. The van der Waals surface area contributed by atoms with E-state index in [9.17, 15) is 13.2 Å². The molecular weight excluding hydrogens is 658 g/mol. The number of hydrogen-bond acceptors (Lipinski definition) is 7. The molecule has 0 unspecified atom stereocenters. The zero-order chi connectivity index (χ0) is 34.4. The molecule has 0 radical (unpaired) electrons. The summed E-state index contributed by atoms with van der Waals surface area (Å²) in [6.07, 6.45) is 13.9. The Labute approximate surface area is 297 Å². The van der Waals surface area contributed by atoms with E-state index in [0.29, 0.717) is 30.4 Å². The lowest BCUT2D eigenvalue weighted by molar-refractivity contribution is -0.0932. The normalized spacial score (nSPS) is 34.0. The first-order chi connectivity index (χ1) is 23.5.